The molecular weight excluding hydrogens is 306 g/mol. The van der Waals surface area contributed by atoms with Crippen LogP contribution in [0.15, 0.2) is 24.3 Å². The Morgan fingerprint density at radius 1 is 1.17 bits per heavy atom. The summed E-state index contributed by atoms with van der Waals surface area (Å²) in [5.41, 5.74) is 5.87. The molecule has 0 heterocycles. The lowest BCUT2D eigenvalue weighted by atomic mass is 10.0. The van der Waals surface area contributed by atoms with E-state index in [4.69, 9.17) is 10.8 Å². The molecule has 3 amide bonds. The summed E-state index contributed by atoms with van der Waals surface area (Å²) in [6.07, 6.45) is -2.73. The number of hydrogen-bond acceptors (Lipinski definition) is 5. The minimum absolute atomic E-state index is 0.0493. The summed E-state index contributed by atoms with van der Waals surface area (Å²) in [5, 5.41) is 31.5. The van der Waals surface area contributed by atoms with Gasteiger partial charge in [-0.15, -0.1) is 0 Å². The molecule has 126 valence electrons. The molecule has 1 rings (SSSR count). The topological polar surface area (TPSA) is 162 Å². The number of rotatable bonds is 7. The highest BCUT2D eigenvalue weighted by Gasteiger charge is 2.29. The number of hydrogen-bond donors (Lipinski definition) is 6. The van der Waals surface area contributed by atoms with Gasteiger partial charge in [-0.1, -0.05) is 12.1 Å². The van der Waals surface area contributed by atoms with Gasteiger partial charge in [0.15, 0.2) is 0 Å². The van der Waals surface area contributed by atoms with Crippen LogP contribution in [0.3, 0.4) is 0 Å². The van der Waals surface area contributed by atoms with E-state index < -0.39 is 36.1 Å². The molecular formula is C14H19N3O6. The average molecular weight is 325 g/mol. The standard InChI is InChI=1S/C14H19N3O6/c1-7(18)11(17-14(22)23)13(21)16-10(12(15)20)6-8-2-4-9(19)5-3-8/h2-5,7,10-11,17-19H,6H2,1H3,(H2,15,20)(H,16,21)(H,22,23)/t7-,10+,11+/m1/s1. The number of aliphatic hydroxyl groups is 1. The lowest BCUT2D eigenvalue weighted by Gasteiger charge is -2.22. The number of carbonyl (C=O) groups excluding carboxylic acids is 2. The molecule has 23 heavy (non-hydrogen) atoms. The third kappa shape index (κ3) is 5.83. The Kier molecular flexibility index (Phi) is 6.34. The summed E-state index contributed by atoms with van der Waals surface area (Å²) in [7, 11) is 0. The van der Waals surface area contributed by atoms with Gasteiger partial charge >= 0.3 is 6.09 Å². The number of primary amides is 1. The molecule has 0 saturated carbocycles. The van der Waals surface area contributed by atoms with Crippen molar-refractivity contribution in [2.24, 2.45) is 5.73 Å². The number of phenols is 1. The van der Waals surface area contributed by atoms with E-state index in [1.807, 2.05) is 5.32 Å². The van der Waals surface area contributed by atoms with Gasteiger partial charge in [-0.3, -0.25) is 9.59 Å². The second-order valence-electron chi connectivity index (χ2n) is 5.00. The van der Waals surface area contributed by atoms with Crippen molar-refractivity contribution in [3.05, 3.63) is 29.8 Å². The Hall–Kier alpha value is -2.81. The van der Waals surface area contributed by atoms with E-state index in [0.717, 1.165) is 0 Å². The largest absolute Gasteiger partial charge is 0.508 e. The van der Waals surface area contributed by atoms with Gasteiger partial charge in [-0.2, -0.15) is 0 Å². The van der Waals surface area contributed by atoms with E-state index in [0.29, 0.717) is 5.56 Å². The molecule has 0 unspecified atom stereocenters. The van der Waals surface area contributed by atoms with Gasteiger partial charge in [0.2, 0.25) is 11.8 Å². The van der Waals surface area contributed by atoms with Gasteiger partial charge < -0.3 is 31.7 Å². The number of aromatic hydroxyl groups is 1. The van der Waals surface area contributed by atoms with E-state index in [9.17, 15) is 24.6 Å². The number of amides is 3. The molecule has 0 aliphatic rings. The fourth-order valence-electron chi connectivity index (χ4n) is 1.89. The van der Waals surface area contributed by atoms with Crippen LogP contribution < -0.4 is 16.4 Å². The van der Waals surface area contributed by atoms with Crippen molar-refractivity contribution in [3.8, 4) is 5.75 Å². The highest BCUT2D eigenvalue weighted by molar-refractivity contribution is 5.91. The van der Waals surface area contributed by atoms with Crippen molar-refractivity contribution in [3.63, 3.8) is 0 Å². The van der Waals surface area contributed by atoms with Gasteiger partial charge in [-0.05, 0) is 24.6 Å². The second-order valence-corrected chi connectivity index (χ2v) is 5.00. The van der Waals surface area contributed by atoms with Gasteiger partial charge in [0.05, 0.1) is 6.10 Å². The van der Waals surface area contributed by atoms with E-state index >= 15 is 0 Å². The zero-order valence-electron chi connectivity index (χ0n) is 12.4. The molecule has 0 aliphatic carbocycles. The molecule has 0 bridgehead atoms. The molecule has 0 aromatic heterocycles. The van der Waals surface area contributed by atoms with Gasteiger partial charge in [0.25, 0.3) is 0 Å². The molecule has 0 radical (unpaired) electrons. The van der Waals surface area contributed by atoms with Gasteiger partial charge in [-0.25, -0.2) is 4.79 Å². The molecule has 7 N–H and O–H groups in total. The number of phenolic OH excluding ortho intramolecular Hbond substituents is 1. The monoisotopic (exact) mass is 325 g/mol. The quantitative estimate of drug-likeness (QED) is 0.373. The smallest absolute Gasteiger partial charge is 0.405 e. The minimum Gasteiger partial charge on any atom is -0.508 e. The molecule has 0 fully saturated rings. The number of carbonyl (C=O) groups is 3. The zero-order chi connectivity index (χ0) is 17.6. The van der Waals surface area contributed by atoms with E-state index in [-0.39, 0.29) is 12.2 Å². The molecule has 9 heteroatoms. The van der Waals surface area contributed by atoms with Crippen LogP contribution in [0.4, 0.5) is 4.79 Å². The number of benzene rings is 1. The first-order valence-corrected chi connectivity index (χ1v) is 6.76. The third-order valence-corrected chi connectivity index (χ3v) is 3.08. The molecule has 1 aromatic carbocycles. The maximum Gasteiger partial charge on any atom is 0.405 e. The van der Waals surface area contributed by atoms with E-state index in [1.54, 1.807) is 12.1 Å². The van der Waals surface area contributed by atoms with Crippen LogP contribution >= 0.6 is 0 Å². The van der Waals surface area contributed by atoms with Crippen LogP contribution in [0.1, 0.15) is 12.5 Å². The van der Waals surface area contributed by atoms with E-state index in [1.165, 1.54) is 19.1 Å². The molecule has 0 aliphatic heterocycles. The summed E-state index contributed by atoms with van der Waals surface area (Å²) in [4.78, 5) is 34.2. The fourth-order valence-corrected chi connectivity index (χ4v) is 1.89. The van der Waals surface area contributed by atoms with Crippen molar-refractivity contribution >= 4 is 17.9 Å². The van der Waals surface area contributed by atoms with Crippen molar-refractivity contribution in [2.45, 2.75) is 31.5 Å². The summed E-state index contributed by atoms with van der Waals surface area (Å²) in [6, 6.07) is 3.41. The summed E-state index contributed by atoms with van der Waals surface area (Å²) >= 11 is 0. The van der Waals surface area contributed by atoms with Crippen LogP contribution in [0.25, 0.3) is 0 Å². The van der Waals surface area contributed by atoms with Gasteiger partial charge in [0.1, 0.15) is 17.8 Å². The first kappa shape index (κ1) is 18.2. The average Bonchev–Trinajstić information content (AvgIpc) is 2.45. The summed E-state index contributed by atoms with van der Waals surface area (Å²) in [6.45, 7) is 1.24. The van der Waals surface area contributed by atoms with Crippen molar-refractivity contribution in [1.29, 1.82) is 0 Å². The maximum absolute atomic E-state index is 12.0. The Bertz CT molecular complexity index is 572. The number of carboxylic acid groups (broad SMARTS) is 1. The van der Waals surface area contributed by atoms with Crippen molar-refractivity contribution < 1.29 is 29.7 Å². The predicted octanol–water partition coefficient (Wildman–Crippen LogP) is -1.08. The Balaban J connectivity index is 2.81. The molecule has 3 atom stereocenters. The van der Waals surface area contributed by atoms with Crippen molar-refractivity contribution in [2.75, 3.05) is 0 Å². The minimum atomic E-state index is -1.49. The lowest BCUT2D eigenvalue weighted by molar-refractivity contribution is -0.130. The number of aliphatic hydroxyl groups excluding tert-OH is 1. The van der Waals surface area contributed by atoms with Crippen LogP contribution in [0, 0.1) is 0 Å². The summed E-state index contributed by atoms with van der Waals surface area (Å²) in [5.74, 6) is -1.63. The number of nitrogens with one attached hydrogen (secondary N) is 2. The Labute approximate surface area is 132 Å². The molecule has 0 spiro atoms. The van der Waals surface area contributed by atoms with Gasteiger partial charge in [0, 0.05) is 6.42 Å². The Morgan fingerprint density at radius 2 is 1.74 bits per heavy atom. The highest BCUT2D eigenvalue weighted by Crippen LogP contribution is 2.11. The SMILES string of the molecule is C[C@@H](O)[C@H](NC(=O)O)C(=O)N[C@@H](Cc1ccc(O)cc1)C(N)=O. The number of nitrogens with two attached hydrogens (primary N) is 1. The highest BCUT2D eigenvalue weighted by atomic mass is 16.4. The third-order valence-electron chi connectivity index (χ3n) is 3.08. The maximum atomic E-state index is 12.0. The first-order chi connectivity index (χ1) is 10.7. The molecule has 9 nitrogen and oxygen atoms in total. The Morgan fingerprint density at radius 3 is 2.17 bits per heavy atom. The second kappa shape index (κ2) is 7.99. The van der Waals surface area contributed by atoms with Crippen LogP contribution in [-0.2, 0) is 16.0 Å². The van der Waals surface area contributed by atoms with E-state index in [2.05, 4.69) is 5.32 Å². The van der Waals surface area contributed by atoms with Crippen LogP contribution in [-0.4, -0.2) is 51.4 Å². The summed E-state index contributed by atoms with van der Waals surface area (Å²) < 4.78 is 0. The van der Waals surface area contributed by atoms with Crippen molar-refractivity contribution in [1.82, 2.24) is 10.6 Å². The normalized spacial score (nSPS) is 14.3. The molecule has 0 saturated heterocycles. The molecule has 1 aromatic rings. The fraction of sp³-hybridized carbons (Fsp3) is 0.357. The van der Waals surface area contributed by atoms with Crippen LogP contribution in [0.2, 0.25) is 0 Å². The predicted molar refractivity (Wildman–Crippen MR) is 79.6 cm³/mol. The lowest BCUT2D eigenvalue weighted by Crippen LogP contribution is -2.56. The first-order valence-electron chi connectivity index (χ1n) is 6.76. The zero-order valence-corrected chi connectivity index (χ0v) is 12.4. The van der Waals surface area contributed by atoms with Crippen LogP contribution in [0.5, 0.6) is 5.75 Å².